The first-order valence-corrected chi connectivity index (χ1v) is 9.64. The molecule has 1 heterocycles. The van der Waals surface area contributed by atoms with Gasteiger partial charge in [0.05, 0.1) is 17.2 Å². The summed E-state index contributed by atoms with van der Waals surface area (Å²) in [6.45, 7) is 0. The van der Waals surface area contributed by atoms with Gasteiger partial charge in [-0.25, -0.2) is 4.79 Å². The lowest BCUT2D eigenvalue weighted by molar-refractivity contribution is -0.137. The molecule has 2 aliphatic carbocycles. The van der Waals surface area contributed by atoms with Crippen LogP contribution >= 0.6 is 0 Å². The zero-order valence-corrected chi connectivity index (χ0v) is 15.0. The van der Waals surface area contributed by atoms with Gasteiger partial charge < -0.3 is 10.4 Å². The van der Waals surface area contributed by atoms with Gasteiger partial charge in [0.25, 0.3) is 0 Å². The molecule has 2 N–H and O–H groups in total. The van der Waals surface area contributed by atoms with Crippen molar-refractivity contribution in [3.05, 3.63) is 64.7 Å². The van der Waals surface area contributed by atoms with E-state index in [2.05, 4.69) is 5.32 Å². The van der Waals surface area contributed by atoms with E-state index in [9.17, 15) is 23.1 Å². The highest BCUT2D eigenvalue weighted by molar-refractivity contribution is 5.88. The molecular formula is C22H20F3NO2. The van der Waals surface area contributed by atoms with Gasteiger partial charge in [-0.1, -0.05) is 12.1 Å². The minimum atomic E-state index is -4.37. The van der Waals surface area contributed by atoms with Crippen LogP contribution in [-0.4, -0.2) is 11.1 Å². The van der Waals surface area contributed by atoms with E-state index in [-0.39, 0.29) is 23.4 Å². The number of anilines is 1. The highest BCUT2D eigenvalue weighted by Gasteiger charge is 2.54. The van der Waals surface area contributed by atoms with Crippen molar-refractivity contribution in [3.63, 3.8) is 0 Å². The van der Waals surface area contributed by atoms with Crippen molar-refractivity contribution in [2.24, 2.45) is 17.8 Å². The van der Waals surface area contributed by atoms with Crippen molar-refractivity contribution in [3.8, 4) is 0 Å². The van der Waals surface area contributed by atoms with Gasteiger partial charge in [-0.2, -0.15) is 13.2 Å². The number of nitrogens with one attached hydrogen (secondary N) is 1. The maximum atomic E-state index is 13.2. The summed E-state index contributed by atoms with van der Waals surface area (Å²) in [5.74, 6) is 0.381. The third kappa shape index (κ3) is 2.61. The fourth-order valence-corrected chi connectivity index (χ4v) is 5.86. The zero-order valence-electron chi connectivity index (χ0n) is 15.0. The van der Waals surface area contributed by atoms with Crippen LogP contribution in [0.25, 0.3) is 0 Å². The Balaban J connectivity index is 1.61. The second kappa shape index (κ2) is 6.00. The van der Waals surface area contributed by atoms with Crippen molar-refractivity contribution in [1.82, 2.24) is 0 Å². The highest BCUT2D eigenvalue weighted by Crippen LogP contribution is 2.63. The Morgan fingerprint density at radius 3 is 2.61 bits per heavy atom. The van der Waals surface area contributed by atoms with E-state index in [0.717, 1.165) is 36.6 Å². The van der Waals surface area contributed by atoms with Gasteiger partial charge in [-0.05, 0) is 84.4 Å². The molecular weight excluding hydrogens is 367 g/mol. The number of carboxylic acids is 1. The Labute approximate surface area is 160 Å². The molecule has 5 unspecified atom stereocenters. The molecule has 2 fully saturated rings. The smallest absolute Gasteiger partial charge is 0.416 e. The maximum Gasteiger partial charge on any atom is 0.416 e. The van der Waals surface area contributed by atoms with Gasteiger partial charge in [0.2, 0.25) is 0 Å². The first-order valence-electron chi connectivity index (χ1n) is 9.64. The number of hydrogen-bond donors (Lipinski definition) is 2. The molecule has 0 aromatic heterocycles. The molecule has 2 bridgehead atoms. The molecule has 5 atom stereocenters. The summed E-state index contributed by atoms with van der Waals surface area (Å²) in [7, 11) is 0. The normalized spacial score (nSPS) is 30.5. The lowest BCUT2D eigenvalue weighted by Gasteiger charge is -2.43. The average molecular weight is 387 g/mol. The van der Waals surface area contributed by atoms with Crippen LogP contribution in [0, 0.1) is 17.8 Å². The second-order valence-electron chi connectivity index (χ2n) is 8.29. The zero-order chi connectivity index (χ0) is 19.6. The minimum Gasteiger partial charge on any atom is -0.478 e. The van der Waals surface area contributed by atoms with Gasteiger partial charge in [0, 0.05) is 5.69 Å². The van der Waals surface area contributed by atoms with Gasteiger partial charge in [-0.15, -0.1) is 0 Å². The largest absolute Gasteiger partial charge is 0.478 e. The number of aromatic carboxylic acids is 1. The minimum absolute atomic E-state index is 0.189. The van der Waals surface area contributed by atoms with Gasteiger partial charge in [0.1, 0.15) is 0 Å². The Hall–Kier alpha value is -2.50. The van der Waals surface area contributed by atoms with Crippen LogP contribution in [0.15, 0.2) is 42.5 Å². The van der Waals surface area contributed by atoms with E-state index in [4.69, 9.17) is 0 Å². The summed E-state index contributed by atoms with van der Waals surface area (Å²) in [6.07, 6.45) is -1.09. The fourth-order valence-electron chi connectivity index (χ4n) is 5.86. The Bertz CT molecular complexity index is 955. The van der Waals surface area contributed by atoms with Crippen molar-refractivity contribution < 1.29 is 23.1 Å². The summed E-state index contributed by atoms with van der Waals surface area (Å²) in [5.41, 5.74) is 2.16. The molecule has 28 heavy (non-hydrogen) atoms. The number of halogens is 3. The van der Waals surface area contributed by atoms with Crippen LogP contribution in [0.1, 0.15) is 58.3 Å². The van der Waals surface area contributed by atoms with E-state index in [1.54, 1.807) is 24.3 Å². The third-order valence-electron chi connectivity index (χ3n) is 6.91. The van der Waals surface area contributed by atoms with E-state index >= 15 is 0 Å². The summed E-state index contributed by atoms with van der Waals surface area (Å²) in [4.78, 5) is 11.4. The highest BCUT2D eigenvalue weighted by atomic mass is 19.4. The summed E-state index contributed by atoms with van der Waals surface area (Å²) in [6, 6.07) is 10.5. The quantitative estimate of drug-likeness (QED) is 0.695. The molecule has 2 saturated carbocycles. The number of carboxylic acid groups (broad SMARTS) is 1. The number of fused-ring (bicyclic) bond motifs is 7. The van der Waals surface area contributed by atoms with Gasteiger partial charge in [-0.3, -0.25) is 0 Å². The van der Waals surface area contributed by atoms with Crippen LogP contribution in [0.2, 0.25) is 0 Å². The Morgan fingerprint density at radius 1 is 1.07 bits per heavy atom. The van der Waals surface area contributed by atoms with Crippen molar-refractivity contribution in [1.29, 1.82) is 0 Å². The molecule has 0 amide bonds. The second-order valence-corrected chi connectivity index (χ2v) is 8.29. The lowest BCUT2D eigenvalue weighted by atomic mass is 9.68. The molecule has 2 aromatic rings. The fraction of sp³-hybridized carbons (Fsp3) is 0.409. The third-order valence-corrected chi connectivity index (χ3v) is 6.91. The number of rotatable bonds is 2. The number of hydrogen-bond acceptors (Lipinski definition) is 2. The molecule has 6 heteroatoms. The maximum absolute atomic E-state index is 13.2. The summed E-state index contributed by atoms with van der Waals surface area (Å²) < 4.78 is 39.7. The van der Waals surface area contributed by atoms with Crippen molar-refractivity contribution in [2.45, 2.75) is 37.4 Å². The number of carbonyl (C=O) groups is 1. The van der Waals surface area contributed by atoms with Gasteiger partial charge in [0.15, 0.2) is 0 Å². The molecule has 5 rings (SSSR count). The van der Waals surface area contributed by atoms with E-state index in [1.807, 2.05) is 0 Å². The Kier molecular flexibility index (Phi) is 3.77. The molecule has 1 aliphatic heterocycles. The van der Waals surface area contributed by atoms with E-state index < -0.39 is 17.7 Å². The molecule has 3 nitrogen and oxygen atoms in total. The molecule has 0 saturated heterocycles. The average Bonchev–Trinajstić information content (AvgIpc) is 3.29. The monoisotopic (exact) mass is 387 g/mol. The summed E-state index contributed by atoms with van der Waals surface area (Å²) in [5, 5.41) is 12.8. The Morgan fingerprint density at radius 2 is 1.86 bits per heavy atom. The number of alkyl halides is 3. The van der Waals surface area contributed by atoms with E-state index in [1.165, 1.54) is 12.1 Å². The van der Waals surface area contributed by atoms with Gasteiger partial charge >= 0.3 is 12.1 Å². The topological polar surface area (TPSA) is 49.3 Å². The first kappa shape index (κ1) is 17.6. The SMILES string of the molecule is O=C(O)c1ccc2c(c1)C1C3CCC(C3)C1C(c1cccc(C(F)(F)F)c1)N2. The van der Waals surface area contributed by atoms with Crippen LogP contribution in [0.3, 0.4) is 0 Å². The van der Waals surface area contributed by atoms with Crippen LogP contribution in [0.5, 0.6) is 0 Å². The molecule has 0 spiro atoms. The van der Waals surface area contributed by atoms with Crippen molar-refractivity contribution >= 4 is 11.7 Å². The molecule has 146 valence electrons. The number of benzene rings is 2. The van der Waals surface area contributed by atoms with Crippen LogP contribution < -0.4 is 5.32 Å². The van der Waals surface area contributed by atoms with Crippen LogP contribution in [-0.2, 0) is 6.18 Å². The van der Waals surface area contributed by atoms with E-state index in [0.29, 0.717) is 17.4 Å². The lowest BCUT2D eigenvalue weighted by Crippen LogP contribution is -2.35. The van der Waals surface area contributed by atoms with Crippen molar-refractivity contribution in [2.75, 3.05) is 5.32 Å². The first-order chi connectivity index (χ1) is 13.3. The predicted octanol–water partition coefficient (Wildman–Crippen LogP) is 5.70. The van der Waals surface area contributed by atoms with Crippen LogP contribution in [0.4, 0.5) is 18.9 Å². The summed E-state index contributed by atoms with van der Waals surface area (Å²) >= 11 is 0. The molecule has 3 aliphatic rings. The standard InChI is InChI=1S/C22H20F3NO2/c23-22(24,25)15-3-1-2-13(9-15)20-19-12-5-4-11(8-12)18(19)16-10-14(21(27)28)6-7-17(16)26-20/h1-3,6-7,9-12,18-20,26H,4-5,8H2,(H,27,28). The molecule has 0 radical (unpaired) electrons. The predicted molar refractivity (Wildman–Crippen MR) is 98.3 cm³/mol. The molecule has 2 aromatic carbocycles.